The lowest BCUT2D eigenvalue weighted by atomic mass is 10.0. The highest BCUT2D eigenvalue weighted by Crippen LogP contribution is 2.34. The number of amides is 1. The predicted octanol–water partition coefficient (Wildman–Crippen LogP) is 5.99. The highest BCUT2D eigenvalue weighted by molar-refractivity contribution is 7.99. The van der Waals surface area contributed by atoms with Gasteiger partial charge in [0.25, 0.3) is 5.91 Å². The highest BCUT2D eigenvalue weighted by atomic mass is 32.2. The topological polar surface area (TPSA) is 101 Å². The molecule has 2 heterocycles. The quantitative estimate of drug-likeness (QED) is 0.312. The largest absolute Gasteiger partial charge is 0.486 e. The smallest absolute Gasteiger partial charge is 0.268 e. The van der Waals surface area contributed by atoms with Gasteiger partial charge in [0.15, 0.2) is 10.1 Å². The SMILES string of the molecule is Cc1ccccc1OCc1nnc(NC(=O)/C(C#N)=C\c2ccc(SC3CCCCC3)o2)s1. The molecule has 3 aromatic rings. The van der Waals surface area contributed by atoms with Gasteiger partial charge >= 0.3 is 0 Å². The van der Waals surface area contributed by atoms with Crippen molar-refractivity contribution in [2.45, 2.75) is 56.0 Å². The zero-order valence-corrected chi connectivity index (χ0v) is 19.9. The molecule has 7 nitrogen and oxygen atoms in total. The molecule has 1 N–H and O–H groups in total. The van der Waals surface area contributed by atoms with Crippen molar-refractivity contribution < 1.29 is 13.9 Å². The zero-order chi connectivity index (χ0) is 23.0. The number of carbonyl (C=O) groups is 1. The van der Waals surface area contributed by atoms with Crippen molar-refractivity contribution in [1.82, 2.24) is 10.2 Å². The Hall–Kier alpha value is -3.09. The number of carbonyl (C=O) groups excluding carboxylic acids is 1. The zero-order valence-electron chi connectivity index (χ0n) is 18.2. The van der Waals surface area contributed by atoms with E-state index in [0.717, 1.165) is 16.4 Å². The normalized spacial score (nSPS) is 14.6. The number of hydrogen-bond acceptors (Lipinski definition) is 8. The number of benzene rings is 1. The number of furan rings is 1. The van der Waals surface area contributed by atoms with Crippen molar-refractivity contribution in [2.24, 2.45) is 0 Å². The fraction of sp³-hybridized carbons (Fsp3) is 0.333. The molecule has 0 unspecified atom stereocenters. The van der Waals surface area contributed by atoms with E-state index >= 15 is 0 Å². The molecule has 1 fully saturated rings. The molecular formula is C24H24N4O3S2. The Balaban J connectivity index is 1.34. The van der Waals surface area contributed by atoms with Gasteiger partial charge in [-0.15, -0.1) is 10.2 Å². The predicted molar refractivity (Wildman–Crippen MR) is 129 cm³/mol. The number of aryl methyl sites for hydroxylation is 1. The fourth-order valence-corrected chi connectivity index (χ4v) is 5.33. The van der Waals surface area contributed by atoms with Crippen molar-refractivity contribution in [2.75, 3.05) is 5.32 Å². The molecule has 2 aromatic heterocycles. The van der Waals surface area contributed by atoms with Gasteiger partial charge in [0.05, 0.1) is 0 Å². The first kappa shape index (κ1) is 23.1. The molecule has 1 aliphatic carbocycles. The summed E-state index contributed by atoms with van der Waals surface area (Å²) in [6.45, 7) is 2.21. The number of anilines is 1. The maximum atomic E-state index is 12.6. The molecule has 170 valence electrons. The Kier molecular flexibility index (Phi) is 7.81. The number of aromatic nitrogens is 2. The molecule has 0 bridgehead atoms. The molecule has 1 saturated carbocycles. The van der Waals surface area contributed by atoms with Crippen molar-refractivity contribution in [1.29, 1.82) is 5.26 Å². The molecule has 0 atom stereocenters. The summed E-state index contributed by atoms with van der Waals surface area (Å²) in [5, 5.41) is 22.4. The molecule has 1 aromatic carbocycles. The minimum atomic E-state index is -0.557. The molecule has 0 radical (unpaired) electrons. The van der Waals surface area contributed by atoms with Crippen molar-refractivity contribution in [3.63, 3.8) is 0 Å². The summed E-state index contributed by atoms with van der Waals surface area (Å²) in [6.07, 6.45) is 7.66. The molecule has 1 aliphatic rings. The van der Waals surface area contributed by atoms with Gasteiger partial charge in [0.2, 0.25) is 5.13 Å². The van der Waals surface area contributed by atoms with Gasteiger partial charge in [-0.2, -0.15) is 5.26 Å². The van der Waals surface area contributed by atoms with E-state index in [2.05, 4.69) is 15.5 Å². The van der Waals surface area contributed by atoms with Crippen molar-refractivity contribution in [3.05, 3.63) is 58.3 Å². The molecule has 0 aliphatic heterocycles. The van der Waals surface area contributed by atoms with E-state index in [0.29, 0.717) is 21.1 Å². The number of nitrogens with zero attached hydrogens (tertiary/aromatic N) is 3. The molecule has 9 heteroatoms. The van der Waals surface area contributed by atoms with Crippen LogP contribution in [0.25, 0.3) is 6.08 Å². The van der Waals surface area contributed by atoms with Gasteiger partial charge in [-0.05, 0) is 43.5 Å². The summed E-state index contributed by atoms with van der Waals surface area (Å²) in [6, 6.07) is 13.3. The summed E-state index contributed by atoms with van der Waals surface area (Å²) in [4.78, 5) is 12.6. The average molecular weight is 481 g/mol. The van der Waals surface area contributed by atoms with Crippen LogP contribution in [-0.4, -0.2) is 21.4 Å². The maximum Gasteiger partial charge on any atom is 0.268 e. The number of hydrogen-bond donors (Lipinski definition) is 1. The Morgan fingerprint density at radius 3 is 2.88 bits per heavy atom. The van der Waals surface area contributed by atoms with Crippen LogP contribution in [0.3, 0.4) is 0 Å². The van der Waals surface area contributed by atoms with Crippen LogP contribution in [0.5, 0.6) is 5.75 Å². The van der Waals surface area contributed by atoms with E-state index in [1.165, 1.54) is 49.5 Å². The number of para-hydroxylation sites is 1. The van der Waals surface area contributed by atoms with Crippen LogP contribution in [-0.2, 0) is 11.4 Å². The summed E-state index contributed by atoms with van der Waals surface area (Å²) in [5.41, 5.74) is 0.962. The van der Waals surface area contributed by atoms with Crippen LogP contribution in [0.2, 0.25) is 0 Å². The Morgan fingerprint density at radius 2 is 2.09 bits per heavy atom. The van der Waals surface area contributed by atoms with Crippen molar-refractivity contribution in [3.8, 4) is 11.8 Å². The van der Waals surface area contributed by atoms with Crippen molar-refractivity contribution >= 4 is 40.2 Å². The standard InChI is InChI=1S/C24H24N4O3S2/c1-16-7-5-6-10-20(16)30-15-21-27-28-24(33-21)26-23(29)17(14-25)13-18-11-12-22(31-18)32-19-8-3-2-4-9-19/h5-7,10-13,19H,2-4,8-9,15H2,1H3,(H,26,28,29)/b17-13-. The van der Waals surface area contributed by atoms with Gasteiger partial charge < -0.3 is 9.15 Å². The lowest BCUT2D eigenvalue weighted by molar-refractivity contribution is -0.112. The monoisotopic (exact) mass is 480 g/mol. The highest BCUT2D eigenvalue weighted by Gasteiger charge is 2.17. The van der Waals surface area contributed by atoms with E-state index < -0.39 is 5.91 Å². The van der Waals surface area contributed by atoms with Gasteiger partial charge in [-0.25, -0.2) is 0 Å². The van der Waals surface area contributed by atoms with E-state index in [1.807, 2.05) is 43.3 Å². The van der Waals surface area contributed by atoms with Gasteiger partial charge in [-0.3, -0.25) is 10.1 Å². The molecule has 4 rings (SSSR count). The Labute approximate surface area is 200 Å². The lowest BCUT2D eigenvalue weighted by Crippen LogP contribution is -2.13. The number of nitriles is 1. The maximum absolute atomic E-state index is 12.6. The third kappa shape index (κ3) is 6.46. The first-order valence-corrected chi connectivity index (χ1v) is 12.5. The van der Waals surface area contributed by atoms with Gasteiger partial charge in [-0.1, -0.05) is 60.6 Å². The fourth-order valence-electron chi connectivity index (χ4n) is 3.50. The summed E-state index contributed by atoms with van der Waals surface area (Å²) >= 11 is 2.93. The Morgan fingerprint density at radius 1 is 1.27 bits per heavy atom. The number of rotatable bonds is 8. The molecule has 0 saturated heterocycles. The number of ether oxygens (including phenoxy) is 1. The van der Waals surface area contributed by atoms with Crippen LogP contribution in [0, 0.1) is 18.3 Å². The number of nitrogens with one attached hydrogen (secondary N) is 1. The van der Waals surface area contributed by atoms with Crippen LogP contribution in [0.4, 0.5) is 5.13 Å². The first-order valence-electron chi connectivity index (χ1n) is 10.8. The number of thioether (sulfide) groups is 1. The van der Waals surface area contributed by atoms with Crippen LogP contribution in [0.15, 0.2) is 51.5 Å². The summed E-state index contributed by atoms with van der Waals surface area (Å²) in [7, 11) is 0. The van der Waals surface area contributed by atoms with Gasteiger partial charge in [0.1, 0.15) is 29.8 Å². The lowest BCUT2D eigenvalue weighted by Gasteiger charge is -2.19. The molecular weight excluding hydrogens is 456 g/mol. The molecule has 33 heavy (non-hydrogen) atoms. The van der Waals surface area contributed by atoms with E-state index in [-0.39, 0.29) is 12.2 Å². The van der Waals surface area contributed by atoms with Crippen LogP contribution in [0.1, 0.15) is 48.4 Å². The third-order valence-corrected chi connectivity index (χ3v) is 7.29. The second kappa shape index (κ2) is 11.2. The summed E-state index contributed by atoms with van der Waals surface area (Å²) < 4.78 is 11.6. The van der Waals surface area contributed by atoms with E-state index in [4.69, 9.17) is 9.15 Å². The van der Waals surface area contributed by atoms with E-state index in [1.54, 1.807) is 17.8 Å². The van der Waals surface area contributed by atoms with Crippen LogP contribution >= 0.6 is 23.1 Å². The second-order valence-corrected chi connectivity index (χ2v) is 10.1. The minimum absolute atomic E-state index is 0.0634. The van der Waals surface area contributed by atoms with E-state index in [9.17, 15) is 10.1 Å². The second-order valence-electron chi connectivity index (χ2n) is 7.71. The first-order chi connectivity index (χ1) is 16.1. The average Bonchev–Trinajstić information content (AvgIpc) is 3.46. The summed E-state index contributed by atoms with van der Waals surface area (Å²) in [5.74, 6) is 0.690. The van der Waals surface area contributed by atoms with Crippen LogP contribution < -0.4 is 10.1 Å². The molecule has 1 amide bonds. The molecule has 0 spiro atoms. The minimum Gasteiger partial charge on any atom is -0.486 e. The third-order valence-electron chi connectivity index (χ3n) is 5.22. The Bertz CT molecular complexity index is 1170. The van der Waals surface area contributed by atoms with Gasteiger partial charge in [0, 0.05) is 11.3 Å².